The molecule has 160 valence electrons. The van der Waals surface area contributed by atoms with Gasteiger partial charge in [-0.15, -0.1) is 10.2 Å². The maximum absolute atomic E-state index is 13.9. The second-order valence-electron chi connectivity index (χ2n) is 7.28. The molecule has 9 heteroatoms. The summed E-state index contributed by atoms with van der Waals surface area (Å²) >= 11 is 0. The number of aryl methyl sites for hydroxylation is 1. The van der Waals surface area contributed by atoms with Crippen LogP contribution in [-0.4, -0.2) is 52.2 Å². The molecule has 1 aliphatic rings. The molecule has 7 nitrogen and oxygen atoms in total. The van der Waals surface area contributed by atoms with Gasteiger partial charge in [0.2, 0.25) is 5.91 Å². The minimum absolute atomic E-state index is 0.0939. The van der Waals surface area contributed by atoms with Crippen molar-refractivity contribution in [2.75, 3.05) is 31.1 Å². The molecule has 0 atom stereocenters. The van der Waals surface area contributed by atoms with Crippen LogP contribution in [0.2, 0.25) is 0 Å². The van der Waals surface area contributed by atoms with Gasteiger partial charge in [0, 0.05) is 44.6 Å². The number of piperazine rings is 1. The summed E-state index contributed by atoms with van der Waals surface area (Å²) < 4.78 is 27.3. The van der Waals surface area contributed by atoms with Gasteiger partial charge < -0.3 is 14.8 Å². The molecule has 1 fully saturated rings. The molecule has 1 saturated heterocycles. The van der Waals surface area contributed by atoms with Crippen LogP contribution in [0.5, 0.6) is 0 Å². The number of H-pyrrole nitrogens is 1. The maximum atomic E-state index is 13.9. The topological polar surface area (TPSA) is 82.2 Å². The Hall–Kier alpha value is -3.62. The lowest BCUT2D eigenvalue weighted by molar-refractivity contribution is -0.131. The number of amides is 1. The van der Waals surface area contributed by atoms with Crippen LogP contribution in [0.3, 0.4) is 0 Å². The monoisotopic (exact) mass is 425 g/mol. The van der Waals surface area contributed by atoms with Crippen molar-refractivity contribution in [1.82, 2.24) is 20.1 Å². The fourth-order valence-electron chi connectivity index (χ4n) is 3.58. The van der Waals surface area contributed by atoms with Crippen LogP contribution in [0.1, 0.15) is 12.1 Å². The van der Waals surface area contributed by atoms with Crippen LogP contribution in [-0.2, 0) is 11.2 Å². The second-order valence-corrected chi connectivity index (χ2v) is 7.28. The number of para-hydroxylation sites is 1. The van der Waals surface area contributed by atoms with E-state index in [4.69, 9.17) is 0 Å². The highest BCUT2D eigenvalue weighted by Crippen LogP contribution is 2.20. The third kappa shape index (κ3) is 4.76. The Kier molecular flexibility index (Phi) is 6.01. The first kappa shape index (κ1) is 20.6. The number of nitrogens with one attached hydrogen (secondary N) is 1. The molecule has 0 aliphatic carbocycles. The van der Waals surface area contributed by atoms with Gasteiger partial charge >= 0.3 is 0 Å². The largest absolute Gasteiger partial charge is 0.366 e. The molecule has 0 bridgehead atoms. The number of rotatable bonds is 5. The molecule has 4 rings (SSSR count). The van der Waals surface area contributed by atoms with Crippen molar-refractivity contribution >= 4 is 11.6 Å². The molecule has 1 N–H and O–H groups in total. The van der Waals surface area contributed by atoms with Crippen LogP contribution < -0.4 is 10.5 Å². The molecule has 3 aromatic rings. The smallest absolute Gasteiger partial charge is 0.273 e. The summed E-state index contributed by atoms with van der Waals surface area (Å²) in [6.45, 7) is 2.03. The van der Waals surface area contributed by atoms with E-state index in [9.17, 15) is 18.4 Å². The van der Waals surface area contributed by atoms with Crippen LogP contribution in [0, 0.1) is 11.6 Å². The fraction of sp³-hybridized carbons (Fsp3) is 0.273. The summed E-state index contributed by atoms with van der Waals surface area (Å²) in [6.07, 6.45) is 0.273. The first-order chi connectivity index (χ1) is 15.0. The molecule has 0 spiro atoms. The van der Waals surface area contributed by atoms with E-state index in [0.717, 1.165) is 0 Å². The molecular weight excluding hydrogens is 404 g/mol. The van der Waals surface area contributed by atoms with E-state index in [0.29, 0.717) is 37.4 Å². The van der Waals surface area contributed by atoms with Gasteiger partial charge in [-0.25, -0.2) is 8.78 Å². The highest BCUT2D eigenvalue weighted by atomic mass is 19.1. The lowest BCUT2D eigenvalue weighted by Crippen LogP contribution is -2.49. The van der Waals surface area contributed by atoms with Crippen LogP contribution in [0.4, 0.5) is 14.5 Å². The summed E-state index contributed by atoms with van der Waals surface area (Å²) in [5, 5.41) is 7.88. The number of hydrogen-bond donors (Lipinski definition) is 1. The van der Waals surface area contributed by atoms with Crippen molar-refractivity contribution in [3.8, 4) is 11.4 Å². The van der Waals surface area contributed by atoms with E-state index in [1.165, 1.54) is 24.3 Å². The number of nitrogens with zero attached hydrogens (tertiary/aromatic N) is 4. The van der Waals surface area contributed by atoms with Crippen molar-refractivity contribution in [3.05, 3.63) is 76.2 Å². The summed E-state index contributed by atoms with van der Waals surface area (Å²) in [5.74, 6) is -0.640. The van der Waals surface area contributed by atoms with E-state index in [1.807, 2.05) is 4.90 Å². The molecule has 1 aromatic heterocycles. The average Bonchev–Trinajstić information content (AvgIpc) is 2.78. The maximum Gasteiger partial charge on any atom is 0.273 e. The third-order valence-corrected chi connectivity index (χ3v) is 5.26. The Balaban J connectivity index is 1.33. The number of aromatic amines is 1. The van der Waals surface area contributed by atoms with Gasteiger partial charge in [0.05, 0.1) is 5.69 Å². The first-order valence-electron chi connectivity index (χ1n) is 10.0. The average molecular weight is 425 g/mol. The summed E-state index contributed by atoms with van der Waals surface area (Å²) in [6, 6.07) is 12.3. The lowest BCUT2D eigenvalue weighted by Gasteiger charge is -2.36. The normalized spacial score (nSPS) is 14.0. The summed E-state index contributed by atoms with van der Waals surface area (Å²) in [5.41, 5.74) is 0.652. The van der Waals surface area contributed by atoms with E-state index >= 15 is 0 Å². The quantitative estimate of drug-likeness (QED) is 0.679. The number of halogens is 2. The highest BCUT2D eigenvalue weighted by Gasteiger charge is 2.23. The Morgan fingerprint density at radius 3 is 2.48 bits per heavy atom. The molecule has 1 aliphatic heterocycles. The van der Waals surface area contributed by atoms with Crippen molar-refractivity contribution in [1.29, 1.82) is 0 Å². The van der Waals surface area contributed by atoms with Gasteiger partial charge in [-0.2, -0.15) is 0 Å². The van der Waals surface area contributed by atoms with E-state index in [1.54, 1.807) is 29.2 Å². The highest BCUT2D eigenvalue weighted by molar-refractivity contribution is 5.76. The Bertz CT molecular complexity index is 1140. The van der Waals surface area contributed by atoms with Gasteiger partial charge in [0.25, 0.3) is 5.56 Å². The van der Waals surface area contributed by atoms with Gasteiger partial charge in [-0.05, 0) is 24.3 Å². The number of aromatic nitrogens is 3. The van der Waals surface area contributed by atoms with Gasteiger partial charge in [-0.1, -0.05) is 24.3 Å². The van der Waals surface area contributed by atoms with Gasteiger partial charge in [0.15, 0.2) is 5.82 Å². The van der Waals surface area contributed by atoms with Gasteiger partial charge in [-0.3, -0.25) is 9.59 Å². The Morgan fingerprint density at radius 1 is 1.00 bits per heavy atom. The van der Waals surface area contributed by atoms with Gasteiger partial charge in [0.1, 0.15) is 17.3 Å². The molecular formula is C22H21F2N5O2. The lowest BCUT2D eigenvalue weighted by atomic mass is 10.2. The molecule has 0 radical (unpaired) electrons. The van der Waals surface area contributed by atoms with E-state index in [-0.39, 0.29) is 36.1 Å². The number of anilines is 1. The minimum Gasteiger partial charge on any atom is -0.366 e. The fourth-order valence-corrected chi connectivity index (χ4v) is 3.58. The molecule has 0 saturated carbocycles. The van der Waals surface area contributed by atoms with E-state index < -0.39 is 11.4 Å². The van der Waals surface area contributed by atoms with Crippen molar-refractivity contribution in [3.63, 3.8) is 0 Å². The Labute approximate surface area is 177 Å². The molecule has 1 amide bonds. The molecule has 2 aromatic carbocycles. The predicted molar refractivity (Wildman–Crippen MR) is 112 cm³/mol. The number of hydrogen-bond acceptors (Lipinski definition) is 5. The number of carbonyl (C=O) groups excluding carboxylic acids is 1. The molecule has 2 heterocycles. The standard InChI is InChI=1S/C22H21F2N5O2/c23-16-5-3-4-15(14-16)21-25-22(31)18(26-27-21)8-9-20(30)29-12-10-28(11-13-29)19-7-2-1-6-17(19)24/h1-7,14H,8-13H2,(H,25,27,31). The van der Waals surface area contributed by atoms with Crippen LogP contribution in [0.15, 0.2) is 53.3 Å². The summed E-state index contributed by atoms with van der Waals surface area (Å²) in [4.78, 5) is 31.1. The van der Waals surface area contributed by atoms with Crippen molar-refractivity contribution in [2.24, 2.45) is 0 Å². The number of carbonyl (C=O) groups is 1. The zero-order chi connectivity index (χ0) is 21.8. The van der Waals surface area contributed by atoms with Crippen molar-refractivity contribution < 1.29 is 13.6 Å². The van der Waals surface area contributed by atoms with Crippen molar-refractivity contribution in [2.45, 2.75) is 12.8 Å². The first-order valence-corrected chi connectivity index (χ1v) is 10.0. The molecule has 31 heavy (non-hydrogen) atoms. The van der Waals surface area contributed by atoms with E-state index in [2.05, 4.69) is 15.2 Å². The zero-order valence-corrected chi connectivity index (χ0v) is 16.7. The third-order valence-electron chi connectivity index (χ3n) is 5.26. The Morgan fingerprint density at radius 2 is 1.77 bits per heavy atom. The molecule has 0 unspecified atom stereocenters. The predicted octanol–water partition coefficient (Wildman–Crippen LogP) is 2.39. The minimum atomic E-state index is -0.452. The second kappa shape index (κ2) is 9.03. The van der Waals surface area contributed by atoms with Crippen LogP contribution >= 0.6 is 0 Å². The SMILES string of the molecule is O=C(CCc1nnc(-c2cccc(F)c2)[nH]c1=O)N1CCN(c2ccccc2F)CC1. The van der Waals surface area contributed by atoms with Crippen LogP contribution in [0.25, 0.3) is 11.4 Å². The number of benzene rings is 2. The zero-order valence-electron chi connectivity index (χ0n) is 16.7. The summed E-state index contributed by atoms with van der Waals surface area (Å²) in [7, 11) is 0.